The van der Waals surface area contributed by atoms with Crippen LogP contribution in [0.2, 0.25) is 0 Å². The maximum Gasteiger partial charge on any atom is 0.243 e. The number of nitrogens with one attached hydrogen (secondary N) is 2. The maximum absolute atomic E-state index is 12.8. The Morgan fingerprint density at radius 2 is 2.14 bits per heavy atom. The number of piperidine rings is 1. The Hall–Kier alpha value is -1.43. The third-order valence-electron chi connectivity index (χ3n) is 4.42. The second-order valence-corrected chi connectivity index (χ2v) is 10.4. The summed E-state index contributed by atoms with van der Waals surface area (Å²) in [7, 11) is -3.60. The number of nitrogens with zero attached hydrogens (tertiary/aromatic N) is 3. The summed E-state index contributed by atoms with van der Waals surface area (Å²) in [6, 6.07) is 6.55. The molecule has 0 saturated carbocycles. The van der Waals surface area contributed by atoms with Crippen LogP contribution in [0.5, 0.6) is 0 Å². The van der Waals surface area contributed by atoms with Gasteiger partial charge < -0.3 is 5.32 Å². The van der Waals surface area contributed by atoms with Crippen LogP contribution in [0.3, 0.4) is 0 Å². The summed E-state index contributed by atoms with van der Waals surface area (Å²) in [6.07, 6.45) is 1.35. The van der Waals surface area contributed by atoms with E-state index in [1.165, 1.54) is 16.1 Å². The summed E-state index contributed by atoms with van der Waals surface area (Å²) in [5.74, 6) is 0.953. The molecule has 1 saturated heterocycles. The number of sulfonamides is 1. The smallest absolute Gasteiger partial charge is 0.243 e. The van der Waals surface area contributed by atoms with Crippen molar-refractivity contribution in [2.45, 2.75) is 29.8 Å². The van der Waals surface area contributed by atoms with Gasteiger partial charge in [0.25, 0.3) is 0 Å². The van der Waals surface area contributed by atoms with Crippen molar-refractivity contribution in [1.82, 2.24) is 24.8 Å². The zero-order valence-corrected chi connectivity index (χ0v) is 18.6. The molecule has 1 atom stereocenters. The first kappa shape index (κ1) is 21.3. The first-order chi connectivity index (χ1) is 13.4. The first-order valence-electron chi connectivity index (χ1n) is 8.91. The molecule has 1 amide bonds. The number of rotatable bonds is 7. The van der Waals surface area contributed by atoms with E-state index in [4.69, 9.17) is 0 Å². The zero-order chi connectivity index (χ0) is 20.1. The fourth-order valence-electron chi connectivity index (χ4n) is 2.98. The van der Waals surface area contributed by atoms with Crippen LogP contribution in [-0.4, -0.2) is 59.2 Å². The van der Waals surface area contributed by atoms with Gasteiger partial charge in [-0.25, -0.2) is 13.4 Å². The van der Waals surface area contributed by atoms with Crippen molar-refractivity contribution in [1.29, 1.82) is 0 Å². The molecule has 11 heteroatoms. The standard InChI is InChI=1S/C17H22BrN5O3S2/c1-12-20-17(22-21-12)27-10-8-19-16(24)13-3-2-9-23(11-13)28(25,26)15-6-4-14(18)5-7-15/h4-7,13H,2-3,8-11H2,1H3,(H,19,24)(H,20,21,22). The number of aromatic nitrogens is 3. The molecule has 0 aliphatic carbocycles. The van der Waals surface area contributed by atoms with Gasteiger partial charge >= 0.3 is 0 Å². The number of H-pyrrole nitrogens is 1. The predicted molar refractivity (Wildman–Crippen MR) is 110 cm³/mol. The van der Waals surface area contributed by atoms with Gasteiger partial charge in [0.15, 0.2) is 0 Å². The molecule has 28 heavy (non-hydrogen) atoms. The molecule has 8 nitrogen and oxygen atoms in total. The van der Waals surface area contributed by atoms with Gasteiger partial charge in [-0.2, -0.15) is 4.31 Å². The minimum atomic E-state index is -3.60. The van der Waals surface area contributed by atoms with E-state index in [0.29, 0.717) is 36.8 Å². The first-order valence-corrected chi connectivity index (χ1v) is 12.1. The summed E-state index contributed by atoms with van der Waals surface area (Å²) in [5.41, 5.74) is 0. The normalized spacial score (nSPS) is 18.1. The van der Waals surface area contributed by atoms with Crippen LogP contribution in [-0.2, 0) is 14.8 Å². The minimum absolute atomic E-state index is 0.109. The Balaban J connectivity index is 1.52. The lowest BCUT2D eigenvalue weighted by Gasteiger charge is -2.31. The largest absolute Gasteiger partial charge is 0.355 e. The van der Waals surface area contributed by atoms with E-state index in [1.807, 2.05) is 6.92 Å². The molecule has 0 spiro atoms. The molecule has 1 fully saturated rings. The Labute approximate surface area is 177 Å². The number of thioether (sulfide) groups is 1. The molecular formula is C17H22BrN5O3S2. The summed E-state index contributed by atoms with van der Waals surface area (Å²) in [5, 5.41) is 10.3. The number of hydrogen-bond donors (Lipinski definition) is 2. The van der Waals surface area contributed by atoms with Gasteiger partial charge in [-0.05, 0) is 44.0 Å². The quantitative estimate of drug-likeness (QED) is 0.457. The molecule has 2 heterocycles. The number of carbonyl (C=O) groups excluding carboxylic acids is 1. The molecule has 1 aliphatic heterocycles. The number of aromatic amines is 1. The zero-order valence-electron chi connectivity index (χ0n) is 15.4. The topological polar surface area (TPSA) is 108 Å². The second kappa shape index (κ2) is 9.38. The van der Waals surface area contributed by atoms with Gasteiger partial charge in [-0.1, -0.05) is 27.7 Å². The molecule has 0 radical (unpaired) electrons. The van der Waals surface area contributed by atoms with Crippen molar-refractivity contribution < 1.29 is 13.2 Å². The number of carbonyl (C=O) groups is 1. The Bertz CT molecular complexity index is 917. The van der Waals surface area contributed by atoms with Crippen LogP contribution in [0.1, 0.15) is 18.7 Å². The third kappa shape index (κ3) is 5.34. The van der Waals surface area contributed by atoms with Crippen LogP contribution in [0, 0.1) is 12.8 Å². The molecule has 1 aliphatic rings. The predicted octanol–water partition coefficient (Wildman–Crippen LogP) is 2.18. The Morgan fingerprint density at radius 1 is 1.39 bits per heavy atom. The fourth-order valence-corrected chi connectivity index (χ4v) is 5.46. The van der Waals surface area contributed by atoms with Crippen LogP contribution < -0.4 is 5.32 Å². The van der Waals surface area contributed by atoms with Gasteiger partial charge in [0, 0.05) is 29.9 Å². The molecular weight excluding hydrogens is 466 g/mol. The van der Waals surface area contributed by atoms with E-state index in [1.54, 1.807) is 24.3 Å². The monoisotopic (exact) mass is 487 g/mol. The molecule has 152 valence electrons. The van der Waals surface area contributed by atoms with Gasteiger partial charge in [0.1, 0.15) is 5.82 Å². The van der Waals surface area contributed by atoms with E-state index < -0.39 is 10.0 Å². The SMILES string of the molecule is Cc1nc(SCCNC(=O)C2CCCN(S(=O)(=O)c3ccc(Br)cc3)C2)n[nH]1. The molecule has 0 bridgehead atoms. The highest BCUT2D eigenvalue weighted by molar-refractivity contribution is 9.10. The van der Waals surface area contributed by atoms with Crippen molar-refractivity contribution in [3.05, 3.63) is 34.6 Å². The average molecular weight is 488 g/mol. The highest BCUT2D eigenvalue weighted by Gasteiger charge is 2.33. The van der Waals surface area contributed by atoms with Crippen LogP contribution in [0.4, 0.5) is 0 Å². The molecule has 3 rings (SSSR count). The summed E-state index contributed by atoms with van der Waals surface area (Å²) in [6.45, 7) is 2.95. The Morgan fingerprint density at radius 3 is 2.82 bits per heavy atom. The van der Waals surface area contributed by atoms with Gasteiger partial charge in [0.05, 0.1) is 10.8 Å². The third-order valence-corrected chi connectivity index (χ3v) is 7.67. The van der Waals surface area contributed by atoms with Crippen LogP contribution in [0.15, 0.2) is 38.8 Å². The Kier molecular flexibility index (Phi) is 7.13. The number of hydrogen-bond acceptors (Lipinski definition) is 6. The van der Waals surface area contributed by atoms with E-state index in [2.05, 4.69) is 36.4 Å². The van der Waals surface area contributed by atoms with Gasteiger partial charge in [-0.15, -0.1) is 5.10 Å². The lowest BCUT2D eigenvalue weighted by atomic mass is 9.99. The lowest BCUT2D eigenvalue weighted by Crippen LogP contribution is -2.45. The molecule has 2 N–H and O–H groups in total. The lowest BCUT2D eigenvalue weighted by molar-refractivity contribution is -0.125. The second-order valence-electron chi connectivity index (χ2n) is 6.50. The van der Waals surface area contributed by atoms with Crippen molar-refractivity contribution in [2.75, 3.05) is 25.4 Å². The van der Waals surface area contributed by atoms with Crippen molar-refractivity contribution >= 4 is 43.6 Å². The highest BCUT2D eigenvalue weighted by atomic mass is 79.9. The van der Waals surface area contributed by atoms with Crippen LogP contribution in [0.25, 0.3) is 0 Å². The van der Waals surface area contributed by atoms with E-state index in [0.717, 1.165) is 10.3 Å². The van der Waals surface area contributed by atoms with Crippen molar-refractivity contribution in [3.63, 3.8) is 0 Å². The fraction of sp³-hybridized carbons (Fsp3) is 0.471. The molecule has 1 aromatic carbocycles. The minimum Gasteiger partial charge on any atom is -0.355 e. The number of benzene rings is 1. The van der Waals surface area contributed by atoms with Crippen molar-refractivity contribution in [3.8, 4) is 0 Å². The summed E-state index contributed by atoms with van der Waals surface area (Å²) in [4.78, 5) is 16.9. The molecule has 1 aromatic heterocycles. The highest BCUT2D eigenvalue weighted by Crippen LogP contribution is 2.25. The maximum atomic E-state index is 12.8. The van der Waals surface area contributed by atoms with E-state index in [9.17, 15) is 13.2 Å². The van der Waals surface area contributed by atoms with Crippen molar-refractivity contribution in [2.24, 2.45) is 5.92 Å². The van der Waals surface area contributed by atoms with E-state index in [-0.39, 0.29) is 23.3 Å². The molecule has 1 unspecified atom stereocenters. The molecule has 2 aromatic rings. The number of aryl methyl sites for hydroxylation is 1. The summed E-state index contributed by atoms with van der Waals surface area (Å²) >= 11 is 4.76. The van der Waals surface area contributed by atoms with Crippen LogP contribution >= 0.6 is 27.7 Å². The summed E-state index contributed by atoms with van der Waals surface area (Å²) < 4.78 is 27.9. The number of halogens is 1. The van der Waals surface area contributed by atoms with Gasteiger partial charge in [0.2, 0.25) is 21.1 Å². The number of amides is 1. The van der Waals surface area contributed by atoms with E-state index >= 15 is 0 Å². The average Bonchev–Trinajstić information content (AvgIpc) is 3.10. The van der Waals surface area contributed by atoms with Gasteiger partial charge in [-0.3, -0.25) is 9.89 Å².